The quantitative estimate of drug-likeness (QED) is 0.794. The molecule has 0 atom stereocenters. The molecule has 2 N–H and O–H groups in total. The van der Waals surface area contributed by atoms with E-state index in [4.69, 9.17) is 10.5 Å². The van der Waals surface area contributed by atoms with Gasteiger partial charge in [-0.2, -0.15) is 0 Å². The average molecular weight is 324 g/mol. The summed E-state index contributed by atoms with van der Waals surface area (Å²) in [7, 11) is 1.66. The van der Waals surface area contributed by atoms with E-state index in [1.807, 2.05) is 53.4 Å². The van der Waals surface area contributed by atoms with Gasteiger partial charge in [-0.3, -0.25) is 4.79 Å². The number of amides is 1. The number of nitrogen functional groups attached to an aromatic ring is 1. The molecule has 1 aliphatic rings. The molecule has 2 aromatic carbocycles. The van der Waals surface area contributed by atoms with E-state index in [2.05, 4.69) is 0 Å². The van der Waals surface area contributed by atoms with Crippen molar-refractivity contribution in [1.82, 2.24) is 4.90 Å². The SMILES string of the molecule is COc1ccc(CN(C(=O)CCc2ccccc2N)C2CC2)cc1. The number of rotatable bonds is 7. The zero-order chi connectivity index (χ0) is 16.9. The first-order chi connectivity index (χ1) is 11.7. The highest BCUT2D eigenvalue weighted by atomic mass is 16.5. The third-order valence-corrected chi connectivity index (χ3v) is 4.48. The van der Waals surface area contributed by atoms with Gasteiger partial charge in [0.25, 0.3) is 0 Å². The van der Waals surface area contributed by atoms with E-state index in [9.17, 15) is 4.79 Å². The molecule has 1 aliphatic carbocycles. The third-order valence-electron chi connectivity index (χ3n) is 4.48. The topological polar surface area (TPSA) is 55.6 Å². The lowest BCUT2D eigenvalue weighted by molar-refractivity contribution is -0.132. The summed E-state index contributed by atoms with van der Waals surface area (Å²) in [6.07, 6.45) is 3.41. The Kier molecular flexibility index (Phi) is 5.04. The van der Waals surface area contributed by atoms with Gasteiger partial charge in [-0.25, -0.2) is 0 Å². The van der Waals surface area contributed by atoms with E-state index in [-0.39, 0.29) is 5.91 Å². The van der Waals surface area contributed by atoms with Crippen LogP contribution in [-0.2, 0) is 17.8 Å². The van der Waals surface area contributed by atoms with Gasteiger partial charge in [0.1, 0.15) is 5.75 Å². The number of para-hydroxylation sites is 1. The fourth-order valence-corrected chi connectivity index (χ4v) is 2.88. The number of hydrogen-bond acceptors (Lipinski definition) is 3. The number of carbonyl (C=O) groups is 1. The Bertz CT molecular complexity index is 693. The minimum Gasteiger partial charge on any atom is -0.497 e. The molecular formula is C20H24N2O2. The van der Waals surface area contributed by atoms with Gasteiger partial charge in [0.2, 0.25) is 5.91 Å². The number of nitrogens with zero attached hydrogens (tertiary/aromatic N) is 1. The van der Waals surface area contributed by atoms with Gasteiger partial charge >= 0.3 is 0 Å². The van der Waals surface area contributed by atoms with E-state index in [0.717, 1.165) is 35.4 Å². The molecule has 24 heavy (non-hydrogen) atoms. The number of benzene rings is 2. The maximum atomic E-state index is 12.7. The Morgan fingerprint density at radius 2 is 1.88 bits per heavy atom. The van der Waals surface area contributed by atoms with E-state index in [0.29, 0.717) is 25.4 Å². The molecule has 2 aromatic rings. The summed E-state index contributed by atoms with van der Waals surface area (Å²) >= 11 is 0. The van der Waals surface area contributed by atoms with Gasteiger partial charge in [-0.15, -0.1) is 0 Å². The number of nitrogens with two attached hydrogens (primary N) is 1. The molecule has 1 fully saturated rings. The highest BCUT2D eigenvalue weighted by molar-refractivity contribution is 5.77. The van der Waals surface area contributed by atoms with Crippen LogP contribution in [0.2, 0.25) is 0 Å². The molecule has 0 aromatic heterocycles. The predicted molar refractivity (Wildman–Crippen MR) is 95.7 cm³/mol. The Morgan fingerprint density at radius 1 is 1.17 bits per heavy atom. The highest BCUT2D eigenvalue weighted by Crippen LogP contribution is 2.29. The van der Waals surface area contributed by atoms with Crippen molar-refractivity contribution in [2.24, 2.45) is 0 Å². The van der Waals surface area contributed by atoms with Crippen LogP contribution in [0.3, 0.4) is 0 Å². The van der Waals surface area contributed by atoms with Gasteiger partial charge in [0, 0.05) is 24.7 Å². The number of hydrogen-bond donors (Lipinski definition) is 1. The van der Waals surface area contributed by atoms with Gasteiger partial charge < -0.3 is 15.4 Å². The minimum atomic E-state index is 0.205. The van der Waals surface area contributed by atoms with E-state index < -0.39 is 0 Å². The summed E-state index contributed by atoms with van der Waals surface area (Å²) in [6.45, 7) is 0.664. The third kappa shape index (κ3) is 4.07. The van der Waals surface area contributed by atoms with Gasteiger partial charge in [-0.1, -0.05) is 30.3 Å². The summed E-state index contributed by atoms with van der Waals surface area (Å²) in [4.78, 5) is 14.7. The first-order valence-corrected chi connectivity index (χ1v) is 8.43. The van der Waals surface area contributed by atoms with Gasteiger partial charge in [0.05, 0.1) is 7.11 Å². The van der Waals surface area contributed by atoms with Crippen LogP contribution in [0.1, 0.15) is 30.4 Å². The lowest BCUT2D eigenvalue weighted by atomic mass is 10.1. The van der Waals surface area contributed by atoms with Gasteiger partial charge in [0.15, 0.2) is 0 Å². The maximum Gasteiger partial charge on any atom is 0.223 e. The van der Waals surface area contributed by atoms with E-state index in [1.165, 1.54) is 0 Å². The van der Waals surface area contributed by atoms with Crippen molar-refractivity contribution < 1.29 is 9.53 Å². The van der Waals surface area contributed by atoms with Gasteiger partial charge in [-0.05, 0) is 48.6 Å². The second-order valence-electron chi connectivity index (χ2n) is 6.30. The standard InChI is InChI=1S/C20H24N2O2/c1-24-18-11-6-15(7-12-18)14-22(17-9-10-17)20(23)13-8-16-4-2-3-5-19(16)21/h2-7,11-12,17H,8-10,13-14,21H2,1H3. The second-order valence-corrected chi connectivity index (χ2v) is 6.30. The molecule has 4 nitrogen and oxygen atoms in total. The minimum absolute atomic E-state index is 0.205. The maximum absolute atomic E-state index is 12.7. The largest absolute Gasteiger partial charge is 0.497 e. The summed E-state index contributed by atoms with van der Waals surface area (Å²) in [5.74, 6) is 1.04. The lowest BCUT2D eigenvalue weighted by Crippen LogP contribution is -2.32. The number of anilines is 1. The van der Waals surface area contributed by atoms with Crippen molar-refractivity contribution in [1.29, 1.82) is 0 Å². The zero-order valence-electron chi connectivity index (χ0n) is 14.1. The molecule has 1 saturated carbocycles. The second kappa shape index (κ2) is 7.39. The van der Waals surface area contributed by atoms with Crippen LogP contribution >= 0.6 is 0 Å². The van der Waals surface area contributed by atoms with Crippen LogP contribution in [0.15, 0.2) is 48.5 Å². The number of ether oxygens (including phenoxy) is 1. The summed E-state index contributed by atoms with van der Waals surface area (Å²) < 4.78 is 5.19. The molecule has 0 spiro atoms. The molecule has 1 amide bonds. The molecule has 4 heteroatoms. The number of aryl methyl sites for hydroxylation is 1. The van der Waals surface area contributed by atoms with Crippen molar-refractivity contribution in [2.45, 2.75) is 38.3 Å². The molecule has 0 bridgehead atoms. The van der Waals surface area contributed by atoms with Crippen LogP contribution in [-0.4, -0.2) is 24.0 Å². The first-order valence-electron chi connectivity index (χ1n) is 8.43. The molecule has 0 heterocycles. The van der Waals surface area contributed by atoms with Crippen molar-refractivity contribution in [3.05, 3.63) is 59.7 Å². The number of carbonyl (C=O) groups excluding carboxylic acids is 1. The van der Waals surface area contributed by atoms with Crippen LogP contribution in [0.4, 0.5) is 5.69 Å². The molecule has 3 rings (SSSR count). The smallest absolute Gasteiger partial charge is 0.223 e. The van der Waals surface area contributed by atoms with Crippen LogP contribution in [0, 0.1) is 0 Å². The summed E-state index contributed by atoms with van der Waals surface area (Å²) in [6, 6.07) is 16.1. The van der Waals surface area contributed by atoms with E-state index >= 15 is 0 Å². The average Bonchev–Trinajstić information content (AvgIpc) is 3.44. The molecule has 126 valence electrons. The lowest BCUT2D eigenvalue weighted by Gasteiger charge is -2.23. The Hall–Kier alpha value is -2.49. The van der Waals surface area contributed by atoms with Crippen molar-refractivity contribution in [3.8, 4) is 5.75 Å². The molecule has 0 saturated heterocycles. The van der Waals surface area contributed by atoms with Crippen LogP contribution < -0.4 is 10.5 Å². The normalized spacial score (nSPS) is 13.5. The predicted octanol–water partition coefficient (Wildman–Crippen LogP) is 3.40. The Labute approximate surface area is 143 Å². The highest BCUT2D eigenvalue weighted by Gasteiger charge is 2.32. The Balaban J connectivity index is 1.62. The van der Waals surface area contributed by atoms with Crippen molar-refractivity contribution in [2.75, 3.05) is 12.8 Å². The molecule has 0 unspecified atom stereocenters. The monoisotopic (exact) mass is 324 g/mol. The molecular weight excluding hydrogens is 300 g/mol. The van der Waals surface area contributed by atoms with Crippen molar-refractivity contribution >= 4 is 11.6 Å². The number of methoxy groups -OCH3 is 1. The summed E-state index contributed by atoms with van der Waals surface area (Å²) in [5, 5.41) is 0. The Morgan fingerprint density at radius 3 is 2.50 bits per heavy atom. The molecule has 0 radical (unpaired) electrons. The van der Waals surface area contributed by atoms with Crippen LogP contribution in [0.5, 0.6) is 5.75 Å². The van der Waals surface area contributed by atoms with Crippen LogP contribution in [0.25, 0.3) is 0 Å². The fourth-order valence-electron chi connectivity index (χ4n) is 2.88. The zero-order valence-corrected chi connectivity index (χ0v) is 14.1. The first kappa shape index (κ1) is 16.4. The fraction of sp³-hybridized carbons (Fsp3) is 0.350. The molecule has 0 aliphatic heterocycles. The van der Waals surface area contributed by atoms with Crippen molar-refractivity contribution in [3.63, 3.8) is 0 Å². The summed E-state index contributed by atoms with van der Waals surface area (Å²) in [5.41, 5.74) is 8.91. The van der Waals surface area contributed by atoms with E-state index in [1.54, 1.807) is 7.11 Å².